The molecule has 1 aliphatic rings. The van der Waals surface area contributed by atoms with E-state index in [1.165, 1.54) is 35.2 Å². The highest BCUT2D eigenvalue weighted by Gasteiger charge is 2.16. The predicted octanol–water partition coefficient (Wildman–Crippen LogP) is 3.72. The lowest BCUT2D eigenvalue weighted by atomic mass is 10.00. The molecular weight excluding hydrogens is 376 g/mol. The molecule has 1 saturated heterocycles. The number of nitrogens with one attached hydrogen (secondary N) is 1. The molecule has 0 spiro atoms. The van der Waals surface area contributed by atoms with Gasteiger partial charge in [0.25, 0.3) is 11.5 Å². The van der Waals surface area contributed by atoms with Crippen LogP contribution in [0.5, 0.6) is 0 Å². The molecule has 0 aliphatic carbocycles. The molecule has 1 unspecified atom stereocenters. The molecule has 6 heteroatoms. The van der Waals surface area contributed by atoms with Crippen LogP contribution in [0, 0.1) is 5.92 Å². The number of piperidine rings is 1. The highest BCUT2D eigenvalue weighted by atomic mass is 16.2. The molecule has 3 aromatic rings. The minimum atomic E-state index is -0.350. The van der Waals surface area contributed by atoms with Crippen molar-refractivity contribution in [3.05, 3.63) is 88.3 Å². The molecule has 30 heavy (non-hydrogen) atoms. The second-order valence-electron chi connectivity index (χ2n) is 7.94. The van der Waals surface area contributed by atoms with Crippen LogP contribution in [-0.2, 0) is 6.54 Å². The van der Waals surface area contributed by atoms with Gasteiger partial charge in [-0.15, -0.1) is 0 Å². The molecule has 154 valence electrons. The second kappa shape index (κ2) is 9.05. The average Bonchev–Trinajstić information content (AvgIpc) is 2.76. The highest BCUT2D eigenvalue weighted by Crippen LogP contribution is 2.19. The van der Waals surface area contributed by atoms with E-state index >= 15 is 0 Å². The highest BCUT2D eigenvalue weighted by molar-refractivity contribution is 6.02. The van der Waals surface area contributed by atoms with Gasteiger partial charge in [0.15, 0.2) is 0 Å². The van der Waals surface area contributed by atoms with E-state index in [9.17, 15) is 9.59 Å². The van der Waals surface area contributed by atoms with Gasteiger partial charge in [-0.25, -0.2) is 0 Å². The first kappa shape index (κ1) is 20.0. The van der Waals surface area contributed by atoms with Crippen molar-refractivity contribution in [2.75, 3.05) is 18.4 Å². The molecular formula is C24H26N4O2. The molecule has 0 radical (unpaired) electrons. The Kier molecular flexibility index (Phi) is 6.05. The number of aromatic nitrogens is 2. The third kappa shape index (κ3) is 4.83. The summed E-state index contributed by atoms with van der Waals surface area (Å²) in [6.45, 7) is 5.52. The zero-order valence-corrected chi connectivity index (χ0v) is 17.1. The summed E-state index contributed by atoms with van der Waals surface area (Å²) >= 11 is 0. The number of hydrogen-bond donors (Lipinski definition) is 1. The molecule has 0 bridgehead atoms. The van der Waals surface area contributed by atoms with Crippen LogP contribution < -0.4 is 10.9 Å². The van der Waals surface area contributed by atoms with Crippen LogP contribution in [0.4, 0.5) is 5.69 Å². The third-order valence-electron chi connectivity index (χ3n) is 5.39. The number of carbonyl (C=O) groups excluding carboxylic acids is 1. The molecule has 2 aromatic carbocycles. The maximum absolute atomic E-state index is 12.6. The molecule has 1 aliphatic heterocycles. The fraction of sp³-hybridized carbons (Fsp3) is 0.292. The van der Waals surface area contributed by atoms with E-state index < -0.39 is 0 Å². The quantitative estimate of drug-likeness (QED) is 0.706. The topological polar surface area (TPSA) is 67.2 Å². The van der Waals surface area contributed by atoms with Crippen molar-refractivity contribution >= 4 is 11.6 Å². The van der Waals surface area contributed by atoms with Gasteiger partial charge >= 0.3 is 0 Å². The van der Waals surface area contributed by atoms with E-state index in [4.69, 9.17) is 0 Å². The number of benzene rings is 2. The Balaban J connectivity index is 1.43. The molecule has 4 rings (SSSR count). The van der Waals surface area contributed by atoms with E-state index in [-0.39, 0.29) is 17.2 Å². The van der Waals surface area contributed by atoms with Crippen LogP contribution in [0.2, 0.25) is 0 Å². The summed E-state index contributed by atoms with van der Waals surface area (Å²) in [6.07, 6.45) is 2.57. The first-order valence-corrected chi connectivity index (χ1v) is 10.4. The van der Waals surface area contributed by atoms with Gasteiger partial charge in [-0.2, -0.15) is 9.78 Å². The Morgan fingerprint density at radius 3 is 2.57 bits per heavy atom. The predicted molar refractivity (Wildman–Crippen MR) is 118 cm³/mol. The minimum Gasteiger partial charge on any atom is -0.321 e. The summed E-state index contributed by atoms with van der Waals surface area (Å²) in [5.41, 5.74) is 2.46. The number of hydrogen-bond acceptors (Lipinski definition) is 4. The Hall–Kier alpha value is -3.25. The van der Waals surface area contributed by atoms with E-state index in [1.807, 2.05) is 42.5 Å². The standard InChI is InChI=1S/C24H26N4O2/c1-18-6-5-15-27(16-18)17-19-9-11-20(12-10-19)25-24(30)22-13-14-23(29)28(26-22)21-7-3-2-4-8-21/h2-4,7-14,18H,5-6,15-17H2,1H3,(H,25,30). The van der Waals surface area contributed by atoms with E-state index in [0.717, 1.165) is 25.6 Å². The zero-order chi connectivity index (χ0) is 20.9. The van der Waals surface area contributed by atoms with Crippen molar-refractivity contribution in [2.24, 2.45) is 5.92 Å². The van der Waals surface area contributed by atoms with Gasteiger partial charge in [0, 0.05) is 24.8 Å². The number of carbonyl (C=O) groups is 1. The minimum absolute atomic E-state index is 0.185. The summed E-state index contributed by atoms with van der Waals surface area (Å²) in [5, 5.41) is 7.09. The number of likely N-dealkylation sites (tertiary alicyclic amines) is 1. The Labute approximate surface area is 176 Å². The lowest BCUT2D eigenvalue weighted by Crippen LogP contribution is -2.33. The van der Waals surface area contributed by atoms with Gasteiger partial charge in [0.1, 0.15) is 5.69 Å². The molecule has 1 fully saturated rings. The van der Waals surface area contributed by atoms with Gasteiger partial charge in [-0.1, -0.05) is 37.3 Å². The number of nitrogens with zero attached hydrogens (tertiary/aromatic N) is 3. The van der Waals surface area contributed by atoms with Crippen molar-refractivity contribution in [1.29, 1.82) is 0 Å². The largest absolute Gasteiger partial charge is 0.321 e. The fourth-order valence-corrected chi connectivity index (χ4v) is 3.86. The van der Waals surface area contributed by atoms with Crippen LogP contribution in [0.15, 0.2) is 71.5 Å². The first-order valence-electron chi connectivity index (χ1n) is 10.4. The summed E-state index contributed by atoms with van der Waals surface area (Å²) in [5.74, 6) is 0.404. The van der Waals surface area contributed by atoms with Crippen LogP contribution in [0.3, 0.4) is 0 Å². The van der Waals surface area contributed by atoms with Crippen molar-refractivity contribution in [3.8, 4) is 5.69 Å². The summed E-state index contributed by atoms with van der Waals surface area (Å²) in [6, 6.07) is 19.8. The summed E-state index contributed by atoms with van der Waals surface area (Å²) in [4.78, 5) is 27.3. The van der Waals surface area contributed by atoms with E-state index in [0.29, 0.717) is 11.4 Å². The number of para-hydroxylation sites is 1. The number of amides is 1. The Morgan fingerprint density at radius 2 is 1.83 bits per heavy atom. The van der Waals surface area contributed by atoms with Crippen molar-refractivity contribution in [3.63, 3.8) is 0 Å². The van der Waals surface area contributed by atoms with Gasteiger partial charge in [0.2, 0.25) is 0 Å². The molecule has 1 N–H and O–H groups in total. The van der Waals surface area contributed by atoms with Gasteiger partial charge < -0.3 is 5.32 Å². The van der Waals surface area contributed by atoms with E-state index in [2.05, 4.69) is 22.2 Å². The summed E-state index contributed by atoms with van der Waals surface area (Å²) < 4.78 is 1.23. The van der Waals surface area contributed by atoms with E-state index in [1.54, 1.807) is 12.1 Å². The summed E-state index contributed by atoms with van der Waals surface area (Å²) in [7, 11) is 0. The van der Waals surface area contributed by atoms with Crippen molar-refractivity contribution in [2.45, 2.75) is 26.3 Å². The fourth-order valence-electron chi connectivity index (χ4n) is 3.86. The van der Waals surface area contributed by atoms with Crippen LogP contribution in [-0.4, -0.2) is 33.7 Å². The number of anilines is 1. The van der Waals surface area contributed by atoms with Gasteiger partial charge in [0.05, 0.1) is 5.69 Å². The maximum Gasteiger partial charge on any atom is 0.276 e. The van der Waals surface area contributed by atoms with Crippen LogP contribution in [0.1, 0.15) is 35.8 Å². The Morgan fingerprint density at radius 1 is 1.07 bits per heavy atom. The molecule has 1 atom stereocenters. The number of rotatable bonds is 5. The third-order valence-corrected chi connectivity index (χ3v) is 5.39. The van der Waals surface area contributed by atoms with Crippen molar-refractivity contribution < 1.29 is 4.79 Å². The smallest absolute Gasteiger partial charge is 0.276 e. The SMILES string of the molecule is CC1CCCN(Cc2ccc(NC(=O)c3ccc(=O)n(-c4ccccc4)n3)cc2)C1. The van der Waals surface area contributed by atoms with Crippen LogP contribution >= 0.6 is 0 Å². The lowest BCUT2D eigenvalue weighted by molar-refractivity contribution is 0.102. The molecule has 0 saturated carbocycles. The Bertz CT molecular complexity index is 1060. The average molecular weight is 402 g/mol. The molecule has 1 amide bonds. The molecule has 1 aromatic heterocycles. The molecule has 2 heterocycles. The molecule has 6 nitrogen and oxygen atoms in total. The van der Waals surface area contributed by atoms with Gasteiger partial charge in [-0.05, 0) is 61.2 Å². The second-order valence-corrected chi connectivity index (χ2v) is 7.94. The zero-order valence-electron chi connectivity index (χ0n) is 17.1. The van der Waals surface area contributed by atoms with Crippen LogP contribution in [0.25, 0.3) is 5.69 Å². The maximum atomic E-state index is 12.6. The normalized spacial score (nSPS) is 16.9. The first-order chi connectivity index (χ1) is 14.6. The van der Waals surface area contributed by atoms with Crippen molar-refractivity contribution in [1.82, 2.24) is 14.7 Å². The lowest BCUT2D eigenvalue weighted by Gasteiger charge is -2.30. The van der Waals surface area contributed by atoms with Gasteiger partial charge in [-0.3, -0.25) is 14.5 Å². The monoisotopic (exact) mass is 402 g/mol.